The van der Waals surface area contributed by atoms with Gasteiger partial charge in [0.25, 0.3) is 0 Å². The molecule has 2 aromatic rings. The van der Waals surface area contributed by atoms with Crippen molar-refractivity contribution in [2.75, 3.05) is 0 Å². The summed E-state index contributed by atoms with van der Waals surface area (Å²) in [5.74, 6) is 2.13. The highest BCUT2D eigenvalue weighted by Crippen LogP contribution is 2.61. The van der Waals surface area contributed by atoms with Gasteiger partial charge in [-0.15, -0.1) is 0 Å². The highest BCUT2D eigenvalue weighted by molar-refractivity contribution is 7.88. The van der Waals surface area contributed by atoms with Crippen LogP contribution < -0.4 is 4.72 Å². The monoisotopic (exact) mass is 425 g/mol. The van der Waals surface area contributed by atoms with Crippen molar-refractivity contribution in [1.29, 1.82) is 0 Å². The molecule has 0 bridgehead atoms. The van der Waals surface area contributed by atoms with Crippen LogP contribution in [0.5, 0.6) is 5.75 Å². The highest BCUT2D eigenvalue weighted by Gasteiger charge is 2.55. The average Bonchev–Trinajstić information content (AvgIpc) is 3.03. The maximum atomic E-state index is 12.9. The fraction of sp³-hybridized carbons (Fsp3) is 0.520. The smallest absolute Gasteiger partial charge is 0.216 e. The van der Waals surface area contributed by atoms with Crippen LogP contribution in [0.1, 0.15) is 61.6 Å². The third kappa shape index (κ3) is 3.46. The van der Waals surface area contributed by atoms with Gasteiger partial charge in [0.05, 0.1) is 5.75 Å². The number of sulfonamides is 1. The molecule has 0 unspecified atom stereocenters. The third-order valence-corrected chi connectivity index (χ3v) is 9.59. The maximum absolute atomic E-state index is 12.9. The van der Waals surface area contributed by atoms with Crippen LogP contribution >= 0.6 is 0 Å². The van der Waals surface area contributed by atoms with Crippen molar-refractivity contribution in [2.45, 2.75) is 63.2 Å². The van der Waals surface area contributed by atoms with Gasteiger partial charge in [-0.2, -0.15) is 0 Å². The van der Waals surface area contributed by atoms with E-state index in [1.165, 1.54) is 11.1 Å². The normalized spacial score (nSPS) is 32.8. The zero-order valence-corrected chi connectivity index (χ0v) is 18.4. The topological polar surface area (TPSA) is 66.4 Å². The molecule has 5 atom stereocenters. The number of hydrogen-bond acceptors (Lipinski definition) is 3. The summed E-state index contributed by atoms with van der Waals surface area (Å²) in [6.45, 7) is 2.32. The van der Waals surface area contributed by atoms with Gasteiger partial charge in [-0.1, -0.05) is 43.3 Å². The Morgan fingerprint density at radius 3 is 2.67 bits per heavy atom. The van der Waals surface area contributed by atoms with Crippen molar-refractivity contribution in [3.8, 4) is 5.75 Å². The second kappa shape index (κ2) is 7.38. The summed E-state index contributed by atoms with van der Waals surface area (Å²) >= 11 is 0. The quantitative estimate of drug-likeness (QED) is 0.744. The molecule has 5 heteroatoms. The molecule has 2 saturated carbocycles. The molecular formula is C25H31NO3S. The van der Waals surface area contributed by atoms with E-state index in [4.69, 9.17) is 0 Å². The molecule has 0 amide bonds. The predicted octanol–water partition coefficient (Wildman–Crippen LogP) is 4.74. The van der Waals surface area contributed by atoms with Gasteiger partial charge in [-0.05, 0) is 90.5 Å². The van der Waals surface area contributed by atoms with Gasteiger partial charge in [0, 0.05) is 6.04 Å². The SMILES string of the molecule is C[C@]12CC[C@@H]3c4ccc(O)cc4CC[C@H]3[C@@H]1CC[C@@H]2NS(=O)(=O)Cc1ccccc1. The van der Waals surface area contributed by atoms with Gasteiger partial charge in [0.1, 0.15) is 5.75 Å². The van der Waals surface area contributed by atoms with Gasteiger partial charge in [-0.3, -0.25) is 0 Å². The minimum absolute atomic E-state index is 0.0263. The number of phenolic OH excluding ortho intramolecular Hbond substituents is 1. The van der Waals surface area contributed by atoms with Crippen molar-refractivity contribution < 1.29 is 13.5 Å². The molecule has 2 N–H and O–H groups in total. The number of phenols is 1. The first-order valence-electron chi connectivity index (χ1n) is 11.2. The molecule has 2 aromatic carbocycles. The van der Waals surface area contributed by atoms with Crippen LogP contribution in [0.25, 0.3) is 0 Å². The first-order valence-corrected chi connectivity index (χ1v) is 12.9. The van der Waals surface area contributed by atoms with Crippen molar-refractivity contribution >= 4 is 10.0 Å². The van der Waals surface area contributed by atoms with Crippen LogP contribution in [0.15, 0.2) is 48.5 Å². The first-order chi connectivity index (χ1) is 14.4. The van der Waals surface area contributed by atoms with Crippen LogP contribution in [-0.2, 0) is 22.2 Å². The van der Waals surface area contributed by atoms with Crippen LogP contribution in [0, 0.1) is 17.3 Å². The van der Waals surface area contributed by atoms with Gasteiger partial charge in [-0.25, -0.2) is 13.1 Å². The minimum atomic E-state index is -3.37. The molecule has 0 radical (unpaired) electrons. The largest absolute Gasteiger partial charge is 0.508 e. The Balaban J connectivity index is 1.35. The summed E-state index contributed by atoms with van der Waals surface area (Å²) in [5, 5.41) is 9.86. The van der Waals surface area contributed by atoms with Crippen molar-refractivity contribution in [3.05, 3.63) is 65.2 Å². The fourth-order valence-corrected chi connectivity index (χ4v) is 8.35. The summed E-state index contributed by atoms with van der Waals surface area (Å²) in [4.78, 5) is 0. The Morgan fingerprint density at radius 1 is 1.07 bits per heavy atom. The van der Waals surface area contributed by atoms with E-state index in [-0.39, 0.29) is 17.2 Å². The van der Waals surface area contributed by atoms with E-state index in [2.05, 4.69) is 17.7 Å². The zero-order valence-electron chi connectivity index (χ0n) is 17.5. The molecule has 0 saturated heterocycles. The molecule has 5 rings (SSSR count). The van der Waals surface area contributed by atoms with Gasteiger partial charge < -0.3 is 5.11 Å². The minimum Gasteiger partial charge on any atom is -0.508 e. The zero-order chi connectivity index (χ0) is 20.9. The lowest BCUT2D eigenvalue weighted by molar-refractivity contribution is 0.0462. The molecule has 2 fully saturated rings. The van der Waals surface area contributed by atoms with Crippen LogP contribution in [-0.4, -0.2) is 19.6 Å². The number of nitrogens with one attached hydrogen (secondary N) is 1. The van der Waals surface area contributed by atoms with E-state index in [0.29, 0.717) is 23.5 Å². The van der Waals surface area contributed by atoms with E-state index in [0.717, 1.165) is 44.1 Å². The number of rotatable bonds is 4. The Hall–Kier alpha value is -1.85. The van der Waals surface area contributed by atoms with E-state index in [1.54, 1.807) is 0 Å². The molecule has 3 aliphatic carbocycles. The van der Waals surface area contributed by atoms with Crippen molar-refractivity contribution in [1.82, 2.24) is 4.72 Å². The van der Waals surface area contributed by atoms with E-state index in [9.17, 15) is 13.5 Å². The molecule has 0 aromatic heterocycles. The van der Waals surface area contributed by atoms with Crippen molar-refractivity contribution in [3.63, 3.8) is 0 Å². The van der Waals surface area contributed by atoms with Crippen LogP contribution in [0.4, 0.5) is 0 Å². The van der Waals surface area contributed by atoms with E-state index >= 15 is 0 Å². The number of hydrogen-bond donors (Lipinski definition) is 2. The number of aromatic hydroxyl groups is 1. The highest BCUT2D eigenvalue weighted by atomic mass is 32.2. The average molecular weight is 426 g/mol. The Morgan fingerprint density at radius 2 is 1.87 bits per heavy atom. The Kier molecular flexibility index (Phi) is 4.94. The number of benzene rings is 2. The maximum Gasteiger partial charge on any atom is 0.216 e. The Labute approximate surface area is 179 Å². The summed E-state index contributed by atoms with van der Waals surface area (Å²) in [7, 11) is -3.37. The van der Waals surface area contributed by atoms with Crippen molar-refractivity contribution in [2.24, 2.45) is 17.3 Å². The molecule has 4 nitrogen and oxygen atoms in total. The molecular weight excluding hydrogens is 394 g/mol. The number of fused-ring (bicyclic) bond motifs is 5. The fourth-order valence-electron chi connectivity index (χ4n) is 6.81. The second-order valence-corrected chi connectivity index (χ2v) is 11.6. The molecule has 0 heterocycles. The summed E-state index contributed by atoms with van der Waals surface area (Å²) in [6.07, 6.45) is 6.35. The van der Waals surface area contributed by atoms with Gasteiger partial charge in [0.15, 0.2) is 0 Å². The van der Waals surface area contributed by atoms with Crippen LogP contribution in [0.3, 0.4) is 0 Å². The lowest BCUT2D eigenvalue weighted by Gasteiger charge is -2.51. The van der Waals surface area contributed by atoms with Gasteiger partial charge >= 0.3 is 0 Å². The summed E-state index contributed by atoms with van der Waals surface area (Å²) in [6, 6.07) is 15.4. The van der Waals surface area contributed by atoms with E-state index in [1.807, 2.05) is 42.5 Å². The first kappa shape index (κ1) is 20.1. The second-order valence-electron chi connectivity index (χ2n) is 9.84. The van der Waals surface area contributed by atoms with Crippen LogP contribution in [0.2, 0.25) is 0 Å². The lowest BCUT2D eigenvalue weighted by atomic mass is 9.55. The summed E-state index contributed by atoms with van der Waals surface area (Å²) in [5.41, 5.74) is 3.58. The third-order valence-electron chi connectivity index (χ3n) is 8.23. The molecule has 160 valence electrons. The predicted molar refractivity (Wildman–Crippen MR) is 119 cm³/mol. The molecule has 3 aliphatic rings. The lowest BCUT2D eigenvalue weighted by Crippen LogP contribution is -2.50. The standard InChI is InChI=1S/C25H31NO3S/c1-25-14-13-21-20-10-8-19(27)15-18(20)7-9-22(21)23(25)11-12-24(25)26-30(28,29)16-17-5-3-2-4-6-17/h2-6,8,10,15,21-24,26-27H,7,9,11-14,16H2,1H3/t21-,22-,23+,24+,25+/m1/s1. The molecule has 0 spiro atoms. The molecule has 30 heavy (non-hydrogen) atoms. The Bertz CT molecular complexity index is 1040. The summed E-state index contributed by atoms with van der Waals surface area (Å²) < 4.78 is 28.9. The number of aryl methyl sites for hydroxylation is 1. The van der Waals surface area contributed by atoms with Gasteiger partial charge in [0.2, 0.25) is 10.0 Å². The van der Waals surface area contributed by atoms with E-state index < -0.39 is 10.0 Å². The molecule has 0 aliphatic heterocycles.